The fraction of sp³-hybridized carbons (Fsp3) is 0.588. The number of hydrogen-bond donors (Lipinski definition) is 1. The first-order chi connectivity index (χ1) is 10.9. The molecule has 1 N–H and O–H groups in total. The van der Waals surface area contributed by atoms with Crippen molar-refractivity contribution in [1.82, 2.24) is 5.32 Å². The lowest BCUT2D eigenvalue weighted by molar-refractivity contribution is -0.274. The lowest BCUT2D eigenvalue weighted by Gasteiger charge is -2.39. The molecule has 2 aliphatic rings. The summed E-state index contributed by atoms with van der Waals surface area (Å²) < 4.78 is 41.4. The molecular weight excluding hydrogens is 307 g/mol. The largest absolute Gasteiger partial charge is 0.573 e. The highest BCUT2D eigenvalue weighted by atomic mass is 19.4. The van der Waals surface area contributed by atoms with Gasteiger partial charge in [0, 0.05) is 30.0 Å². The second-order valence-corrected chi connectivity index (χ2v) is 6.46. The van der Waals surface area contributed by atoms with Gasteiger partial charge in [0.1, 0.15) is 11.5 Å². The first-order valence-corrected chi connectivity index (χ1v) is 8.03. The van der Waals surface area contributed by atoms with E-state index in [2.05, 4.69) is 10.1 Å². The molecule has 0 aliphatic carbocycles. The maximum Gasteiger partial charge on any atom is 0.573 e. The molecule has 2 aliphatic heterocycles. The van der Waals surface area contributed by atoms with Crippen LogP contribution < -0.4 is 10.1 Å². The van der Waals surface area contributed by atoms with E-state index in [-0.39, 0.29) is 23.9 Å². The van der Waals surface area contributed by atoms with Gasteiger partial charge in [-0.3, -0.25) is 4.79 Å². The van der Waals surface area contributed by atoms with E-state index in [9.17, 15) is 18.0 Å². The molecule has 2 heterocycles. The van der Waals surface area contributed by atoms with E-state index in [0.717, 1.165) is 25.7 Å². The van der Waals surface area contributed by atoms with Gasteiger partial charge in [-0.25, -0.2) is 0 Å². The van der Waals surface area contributed by atoms with Crippen LogP contribution in [0.15, 0.2) is 24.3 Å². The number of ketones is 1. The van der Waals surface area contributed by atoms with Crippen LogP contribution in [0, 0.1) is 5.92 Å². The molecule has 2 unspecified atom stereocenters. The van der Waals surface area contributed by atoms with Gasteiger partial charge in [-0.15, -0.1) is 13.2 Å². The van der Waals surface area contributed by atoms with Crippen molar-refractivity contribution in [2.45, 2.75) is 57.0 Å². The third-order valence-electron chi connectivity index (χ3n) is 4.73. The number of piperidine rings is 2. The summed E-state index contributed by atoms with van der Waals surface area (Å²) in [7, 11) is 0. The maximum atomic E-state index is 12.6. The molecule has 6 heteroatoms. The fourth-order valence-electron chi connectivity index (χ4n) is 3.73. The molecule has 2 bridgehead atoms. The predicted molar refractivity (Wildman–Crippen MR) is 79.1 cm³/mol. The molecule has 1 aromatic carbocycles. The van der Waals surface area contributed by atoms with Crippen LogP contribution in [0.4, 0.5) is 13.2 Å². The molecule has 126 valence electrons. The average molecular weight is 327 g/mol. The van der Waals surface area contributed by atoms with E-state index in [1.807, 2.05) is 0 Å². The van der Waals surface area contributed by atoms with Gasteiger partial charge in [0.05, 0.1) is 0 Å². The van der Waals surface area contributed by atoms with E-state index in [1.165, 1.54) is 24.6 Å². The molecule has 2 atom stereocenters. The first kappa shape index (κ1) is 16.3. The van der Waals surface area contributed by atoms with Crippen molar-refractivity contribution >= 4 is 5.78 Å². The molecule has 0 radical (unpaired) electrons. The zero-order valence-electron chi connectivity index (χ0n) is 12.7. The van der Waals surface area contributed by atoms with Crippen molar-refractivity contribution in [3.63, 3.8) is 0 Å². The van der Waals surface area contributed by atoms with E-state index >= 15 is 0 Å². The summed E-state index contributed by atoms with van der Waals surface area (Å²) >= 11 is 0. The summed E-state index contributed by atoms with van der Waals surface area (Å²) in [6, 6.07) is 6.64. The van der Waals surface area contributed by atoms with E-state index in [0.29, 0.717) is 17.6 Å². The number of alkyl halides is 3. The molecule has 0 aromatic heterocycles. The Morgan fingerprint density at radius 3 is 2.48 bits per heavy atom. The zero-order valence-corrected chi connectivity index (χ0v) is 12.7. The Kier molecular flexibility index (Phi) is 4.62. The quantitative estimate of drug-likeness (QED) is 0.918. The lowest BCUT2D eigenvalue weighted by atomic mass is 9.77. The molecule has 1 aromatic rings. The Morgan fingerprint density at radius 2 is 1.83 bits per heavy atom. The smallest absolute Gasteiger partial charge is 0.405 e. The molecule has 0 spiro atoms. The number of rotatable bonds is 4. The summed E-state index contributed by atoms with van der Waals surface area (Å²) in [5.41, 5.74) is 0.304. The standard InChI is InChI=1S/C17H20F3NO2/c18-17(19,20)23-16-7-2-1-4-11(16)10-15(22)12-8-13-5-3-6-14(9-12)21-13/h1-2,4,7,12-14,21H,3,5-6,8-10H2. The van der Waals surface area contributed by atoms with Crippen LogP contribution in [-0.4, -0.2) is 24.2 Å². The number of fused-ring (bicyclic) bond motifs is 2. The van der Waals surface area contributed by atoms with Crippen molar-refractivity contribution < 1.29 is 22.7 Å². The van der Waals surface area contributed by atoms with E-state index in [4.69, 9.17) is 0 Å². The van der Waals surface area contributed by atoms with Gasteiger partial charge in [-0.1, -0.05) is 24.6 Å². The van der Waals surface area contributed by atoms with Crippen LogP contribution in [0.25, 0.3) is 0 Å². The summed E-state index contributed by atoms with van der Waals surface area (Å²) in [5.74, 6) is -0.324. The SMILES string of the molecule is O=C(Cc1ccccc1OC(F)(F)F)C1CC2CCCC(C1)N2. The monoisotopic (exact) mass is 327 g/mol. The van der Waals surface area contributed by atoms with E-state index < -0.39 is 6.36 Å². The molecule has 2 fully saturated rings. The van der Waals surface area contributed by atoms with Crippen molar-refractivity contribution in [2.24, 2.45) is 5.92 Å². The highest BCUT2D eigenvalue weighted by molar-refractivity contribution is 5.84. The van der Waals surface area contributed by atoms with Gasteiger partial charge in [-0.2, -0.15) is 0 Å². The Labute approximate surface area is 133 Å². The van der Waals surface area contributed by atoms with Crippen LogP contribution in [0.3, 0.4) is 0 Å². The highest BCUT2D eigenvalue weighted by Gasteiger charge is 2.35. The summed E-state index contributed by atoms with van der Waals surface area (Å²) in [5, 5.41) is 3.52. The van der Waals surface area contributed by atoms with Crippen LogP contribution in [-0.2, 0) is 11.2 Å². The highest BCUT2D eigenvalue weighted by Crippen LogP contribution is 2.32. The van der Waals surface area contributed by atoms with Gasteiger partial charge in [0.2, 0.25) is 0 Å². The molecule has 0 saturated carbocycles. The molecule has 3 rings (SSSR count). The second kappa shape index (κ2) is 6.51. The van der Waals surface area contributed by atoms with Crippen molar-refractivity contribution in [1.29, 1.82) is 0 Å². The van der Waals surface area contributed by atoms with Gasteiger partial charge in [0.25, 0.3) is 0 Å². The lowest BCUT2D eigenvalue weighted by Crippen LogP contribution is -2.50. The van der Waals surface area contributed by atoms with Crippen LogP contribution in [0.2, 0.25) is 0 Å². The average Bonchev–Trinajstić information content (AvgIpc) is 2.47. The number of para-hydroxylation sites is 1. The second-order valence-electron chi connectivity index (χ2n) is 6.46. The number of Topliss-reactive ketones (excluding diaryl/α,β-unsaturated/α-hetero) is 1. The number of benzene rings is 1. The third-order valence-corrected chi connectivity index (χ3v) is 4.73. The predicted octanol–water partition coefficient (Wildman–Crippen LogP) is 3.62. The maximum absolute atomic E-state index is 12.6. The minimum absolute atomic E-state index is 0.00361. The number of halogens is 3. The number of nitrogens with one attached hydrogen (secondary N) is 1. The van der Waals surface area contributed by atoms with Gasteiger partial charge < -0.3 is 10.1 Å². The van der Waals surface area contributed by atoms with Gasteiger partial charge >= 0.3 is 6.36 Å². The van der Waals surface area contributed by atoms with Crippen LogP contribution in [0.1, 0.15) is 37.7 Å². The fourth-order valence-corrected chi connectivity index (χ4v) is 3.73. The Hall–Kier alpha value is -1.56. The summed E-state index contributed by atoms with van der Waals surface area (Å²) in [6.45, 7) is 0. The van der Waals surface area contributed by atoms with E-state index in [1.54, 1.807) is 6.07 Å². The Morgan fingerprint density at radius 1 is 1.17 bits per heavy atom. The number of ether oxygens (including phenoxy) is 1. The zero-order chi connectivity index (χ0) is 16.4. The minimum Gasteiger partial charge on any atom is -0.405 e. The summed E-state index contributed by atoms with van der Waals surface area (Å²) in [6.07, 6.45) is 0.171. The molecule has 2 saturated heterocycles. The molecule has 3 nitrogen and oxygen atoms in total. The number of carbonyl (C=O) groups is 1. The van der Waals surface area contributed by atoms with Gasteiger partial charge in [-0.05, 0) is 31.7 Å². The van der Waals surface area contributed by atoms with Crippen LogP contribution >= 0.6 is 0 Å². The third kappa shape index (κ3) is 4.25. The normalized spacial score (nSPS) is 27.5. The molecule has 23 heavy (non-hydrogen) atoms. The minimum atomic E-state index is -4.75. The van der Waals surface area contributed by atoms with Gasteiger partial charge in [0.15, 0.2) is 0 Å². The molecular formula is C17H20F3NO2. The van der Waals surface area contributed by atoms with Crippen molar-refractivity contribution in [3.8, 4) is 5.75 Å². The molecule has 0 amide bonds. The number of carbonyl (C=O) groups excluding carboxylic acids is 1. The summed E-state index contributed by atoms with van der Waals surface area (Å²) in [4.78, 5) is 12.6. The van der Waals surface area contributed by atoms with Crippen LogP contribution in [0.5, 0.6) is 5.75 Å². The first-order valence-electron chi connectivity index (χ1n) is 8.03. The Balaban J connectivity index is 1.68. The Bertz CT molecular complexity index is 561. The van der Waals surface area contributed by atoms with Crippen molar-refractivity contribution in [2.75, 3.05) is 0 Å². The topological polar surface area (TPSA) is 38.3 Å². The van der Waals surface area contributed by atoms with Crippen molar-refractivity contribution in [3.05, 3.63) is 29.8 Å². The number of hydrogen-bond acceptors (Lipinski definition) is 3.